The molecule has 15 heteroatoms. The van der Waals surface area contributed by atoms with Gasteiger partial charge in [0.1, 0.15) is 23.3 Å². The smallest absolute Gasteiger partial charge is 0.294 e. The third-order valence-electron chi connectivity index (χ3n) is 6.65. The molecule has 6 nitrogen and oxygen atoms in total. The Morgan fingerprint density at radius 2 is 1.04 bits per heavy atom. The van der Waals surface area contributed by atoms with Crippen LogP contribution in [0.4, 0.5) is 17.6 Å². The summed E-state index contributed by atoms with van der Waals surface area (Å²) >= 11 is 6.30. The molecule has 0 unspecified atom stereocenters. The van der Waals surface area contributed by atoms with Crippen molar-refractivity contribution in [3.8, 4) is 0 Å². The maximum absolute atomic E-state index is 13.7. The third-order valence-corrected chi connectivity index (χ3v) is 10.0. The molecule has 0 bridgehead atoms. The van der Waals surface area contributed by atoms with E-state index in [9.17, 15) is 34.4 Å². The van der Waals surface area contributed by atoms with Gasteiger partial charge in [-0.2, -0.15) is 0 Å². The molecule has 6 aromatic rings. The maximum Gasteiger partial charge on any atom is 0.294 e. The number of fused-ring (bicyclic) bond motifs is 2. The van der Waals surface area contributed by atoms with Gasteiger partial charge < -0.3 is 8.83 Å². The van der Waals surface area contributed by atoms with Crippen molar-refractivity contribution in [2.45, 2.75) is 23.0 Å². The molecule has 0 spiro atoms. The molecule has 6 rings (SSSR count). The molecule has 0 aliphatic carbocycles. The zero-order valence-electron chi connectivity index (χ0n) is 23.3. The standard InChI is InChI=1S/C16H11BrF2O3S.C15H8BrClF2O3S/c1-23(20,21)16-13(6-9-3-2-4-10(18)5-9)12-7-11(19)8-14(17)15(12)22-16;16-13-7-10(19)6-11-12(5-8-2-1-3-9(18)4-8)15(22-14(11)13)23(17,20)21/h2-5,7-8H,6H2,1H3;1-4,6-7H,5H2. The van der Waals surface area contributed by atoms with Crippen molar-refractivity contribution in [3.05, 3.63) is 127 Å². The van der Waals surface area contributed by atoms with E-state index < -0.39 is 47.2 Å². The van der Waals surface area contributed by atoms with E-state index in [0.29, 0.717) is 26.5 Å². The zero-order chi connectivity index (χ0) is 33.6. The number of furan rings is 2. The van der Waals surface area contributed by atoms with Crippen molar-refractivity contribution in [2.75, 3.05) is 6.26 Å². The van der Waals surface area contributed by atoms with Crippen molar-refractivity contribution < 1.29 is 43.2 Å². The Kier molecular flexibility index (Phi) is 9.77. The van der Waals surface area contributed by atoms with E-state index in [1.807, 2.05) is 0 Å². The van der Waals surface area contributed by atoms with Gasteiger partial charge in [-0.15, -0.1) is 0 Å². The molecule has 2 heterocycles. The van der Waals surface area contributed by atoms with Crippen LogP contribution in [0.2, 0.25) is 0 Å². The van der Waals surface area contributed by atoms with Gasteiger partial charge in [0, 0.05) is 51.7 Å². The first-order valence-corrected chi connectivity index (χ1v) is 18.7. The first kappa shape index (κ1) is 34.2. The van der Waals surface area contributed by atoms with E-state index in [1.165, 1.54) is 48.5 Å². The summed E-state index contributed by atoms with van der Waals surface area (Å²) in [4.78, 5) is 0. The molecule has 2 aromatic heterocycles. The second-order valence-electron chi connectivity index (χ2n) is 10.1. The van der Waals surface area contributed by atoms with Crippen LogP contribution in [0.3, 0.4) is 0 Å². The van der Waals surface area contributed by atoms with Crippen LogP contribution in [0.25, 0.3) is 21.9 Å². The van der Waals surface area contributed by atoms with Crippen LogP contribution >= 0.6 is 42.5 Å². The Morgan fingerprint density at radius 3 is 1.43 bits per heavy atom. The molecular weight excluding hydrogens is 804 g/mol. The van der Waals surface area contributed by atoms with Gasteiger partial charge in [-0.25, -0.2) is 34.4 Å². The maximum atomic E-state index is 13.7. The Morgan fingerprint density at radius 1 is 0.630 bits per heavy atom. The van der Waals surface area contributed by atoms with Gasteiger partial charge in [0.2, 0.25) is 20.0 Å². The number of halogens is 7. The second kappa shape index (κ2) is 13.1. The molecule has 0 radical (unpaired) electrons. The Balaban J connectivity index is 0.000000181. The summed E-state index contributed by atoms with van der Waals surface area (Å²) in [7, 11) is -2.43. The van der Waals surface area contributed by atoms with Crippen molar-refractivity contribution in [2.24, 2.45) is 0 Å². The summed E-state index contributed by atoms with van der Waals surface area (Å²) in [5.41, 5.74) is 1.98. The highest BCUT2D eigenvalue weighted by molar-refractivity contribution is 9.11. The SMILES string of the molecule is CS(=O)(=O)c1oc2c(Br)cc(F)cc2c1Cc1cccc(F)c1.O=S(=O)(Cl)c1oc2c(Br)cc(F)cc2c1Cc1cccc(F)c1. The van der Waals surface area contributed by atoms with E-state index in [4.69, 9.17) is 19.5 Å². The molecule has 0 aliphatic rings. The quantitative estimate of drug-likeness (QED) is 0.123. The van der Waals surface area contributed by atoms with Gasteiger partial charge in [0.05, 0.1) is 8.95 Å². The zero-order valence-corrected chi connectivity index (χ0v) is 28.8. The first-order chi connectivity index (χ1) is 21.5. The molecule has 0 fully saturated rings. The van der Waals surface area contributed by atoms with Crippen LogP contribution in [-0.2, 0) is 31.7 Å². The average Bonchev–Trinajstić information content (AvgIpc) is 3.48. The summed E-state index contributed by atoms with van der Waals surface area (Å²) in [6.45, 7) is 0. The molecule has 0 N–H and O–H groups in total. The Hall–Kier alpha value is -3.17. The van der Waals surface area contributed by atoms with E-state index in [0.717, 1.165) is 18.4 Å². The predicted octanol–water partition coefficient (Wildman–Crippen LogP) is 9.46. The van der Waals surface area contributed by atoms with Crippen LogP contribution in [0.1, 0.15) is 22.3 Å². The number of hydrogen-bond donors (Lipinski definition) is 0. The summed E-state index contributed by atoms with van der Waals surface area (Å²) < 4.78 is 113. The van der Waals surface area contributed by atoms with Gasteiger partial charge in [0.25, 0.3) is 9.05 Å². The van der Waals surface area contributed by atoms with E-state index >= 15 is 0 Å². The number of hydrogen-bond acceptors (Lipinski definition) is 6. The monoisotopic (exact) mass is 820 g/mol. The van der Waals surface area contributed by atoms with E-state index in [2.05, 4.69) is 31.9 Å². The molecule has 0 aliphatic heterocycles. The van der Waals surface area contributed by atoms with Crippen LogP contribution in [0.5, 0.6) is 0 Å². The fourth-order valence-corrected chi connectivity index (χ4v) is 7.76. The largest absolute Gasteiger partial charge is 0.443 e. The lowest BCUT2D eigenvalue weighted by atomic mass is 10.0. The minimum Gasteiger partial charge on any atom is -0.443 e. The molecule has 4 aromatic carbocycles. The van der Waals surface area contributed by atoms with Gasteiger partial charge in [0.15, 0.2) is 11.2 Å². The van der Waals surface area contributed by atoms with Crippen LogP contribution in [-0.4, -0.2) is 23.1 Å². The Bertz CT molecular complexity index is 2190. The number of benzene rings is 4. The van der Waals surface area contributed by atoms with Crippen LogP contribution in [0, 0.1) is 23.3 Å². The van der Waals surface area contributed by atoms with E-state index in [1.54, 1.807) is 12.1 Å². The summed E-state index contributed by atoms with van der Waals surface area (Å²) in [5.74, 6) is -1.98. The highest BCUT2D eigenvalue weighted by Crippen LogP contribution is 2.38. The predicted molar refractivity (Wildman–Crippen MR) is 172 cm³/mol. The average molecular weight is 823 g/mol. The summed E-state index contributed by atoms with van der Waals surface area (Å²) in [6.07, 6.45) is 1.16. The first-order valence-electron chi connectivity index (χ1n) is 13.0. The molecule has 240 valence electrons. The molecule has 0 saturated carbocycles. The molecule has 0 atom stereocenters. The van der Waals surface area contributed by atoms with Crippen molar-refractivity contribution in [3.63, 3.8) is 0 Å². The molecular formula is C31H19Br2ClF4O6S2. The van der Waals surface area contributed by atoms with Crippen molar-refractivity contribution in [1.82, 2.24) is 0 Å². The number of sulfone groups is 1. The van der Waals surface area contributed by atoms with Gasteiger partial charge >= 0.3 is 0 Å². The van der Waals surface area contributed by atoms with Gasteiger partial charge in [-0.05, 0) is 91.5 Å². The normalized spacial score (nSPS) is 12.0. The summed E-state index contributed by atoms with van der Waals surface area (Å²) in [5, 5.41) is -0.0882. The third kappa shape index (κ3) is 7.52. The van der Waals surface area contributed by atoms with Crippen molar-refractivity contribution in [1.29, 1.82) is 0 Å². The highest BCUT2D eigenvalue weighted by Gasteiger charge is 2.27. The van der Waals surface area contributed by atoms with Gasteiger partial charge in [-0.3, -0.25) is 0 Å². The fraction of sp³-hybridized carbons (Fsp3) is 0.0968. The van der Waals surface area contributed by atoms with E-state index in [-0.39, 0.29) is 44.5 Å². The van der Waals surface area contributed by atoms with Crippen molar-refractivity contribution >= 4 is 83.4 Å². The number of rotatable bonds is 6. The van der Waals surface area contributed by atoms with Gasteiger partial charge in [-0.1, -0.05) is 24.3 Å². The topological polar surface area (TPSA) is 94.6 Å². The minimum atomic E-state index is -4.19. The lowest BCUT2D eigenvalue weighted by Crippen LogP contribution is -2.00. The molecule has 46 heavy (non-hydrogen) atoms. The lowest BCUT2D eigenvalue weighted by molar-refractivity contribution is 0.477. The minimum absolute atomic E-state index is 0.0297. The fourth-order valence-electron chi connectivity index (χ4n) is 4.84. The Labute approximate surface area is 281 Å². The lowest BCUT2D eigenvalue weighted by Gasteiger charge is -2.03. The molecule has 0 amide bonds. The second-order valence-corrected chi connectivity index (χ2v) is 16.2. The highest BCUT2D eigenvalue weighted by atomic mass is 79.9. The summed E-state index contributed by atoms with van der Waals surface area (Å²) in [6, 6.07) is 16.2. The van der Waals surface area contributed by atoms with Crippen LogP contribution in [0.15, 0.2) is 101 Å². The van der Waals surface area contributed by atoms with Crippen LogP contribution < -0.4 is 0 Å². The molecule has 0 saturated heterocycles.